The van der Waals surface area contributed by atoms with Gasteiger partial charge in [-0.3, -0.25) is 14.6 Å². The number of hydrogen-bond acceptors (Lipinski definition) is 4. The lowest BCUT2D eigenvalue weighted by Crippen LogP contribution is -2.60. The number of H-pyrrole nitrogens is 1. The van der Waals surface area contributed by atoms with Gasteiger partial charge in [-0.25, -0.2) is 4.98 Å². The van der Waals surface area contributed by atoms with E-state index in [9.17, 15) is 9.59 Å². The summed E-state index contributed by atoms with van der Waals surface area (Å²) in [4.78, 5) is 42.0. The van der Waals surface area contributed by atoms with Crippen LogP contribution in [0.25, 0.3) is 0 Å². The molecule has 2 fully saturated rings. The molecule has 0 aromatic carbocycles. The molecule has 0 bridgehead atoms. The van der Waals surface area contributed by atoms with E-state index in [2.05, 4.69) is 19.9 Å². The van der Waals surface area contributed by atoms with Crippen molar-refractivity contribution in [2.45, 2.75) is 44.1 Å². The largest absolute Gasteiger partial charge is 0.348 e. The summed E-state index contributed by atoms with van der Waals surface area (Å²) in [5, 5.41) is 0. The van der Waals surface area contributed by atoms with Crippen LogP contribution < -0.4 is 0 Å². The van der Waals surface area contributed by atoms with E-state index in [-0.39, 0.29) is 23.3 Å². The maximum atomic E-state index is 13.2. The third-order valence-corrected chi connectivity index (χ3v) is 6.79. The number of nitrogens with zero attached hydrogens (tertiary/aromatic N) is 4. The van der Waals surface area contributed by atoms with Gasteiger partial charge >= 0.3 is 0 Å². The highest BCUT2D eigenvalue weighted by Crippen LogP contribution is 2.44. The number of aromatic nitrogens is 3. The van der Waals surface area contributed by atoms with E-state index in [1.165, 1.54) is 0 Å². The quantitative estimate of drug-likeness (QED) is 0.867. The smallest absolute Gasteiger partial charge is 0.253 e. The average Bonchev–Trinajstić information content (AvgIpc) is 3.18. The Morgan fingerprint density at radius 1 is 1.11 bits per heavy atom. The molecule has 1 saturated heterocycles. The van der Waals surface area contributed by atoms with Crippen molar-refractivity contribution >= 4 is 11.8 Å². The van der Waals surface area contributed by atoms with Crippen LogP contribution in [0.2, 0.25) is 0 Å². The van der Waals surface area contributed by atoms with Gasteiger partial charge in [0, 0.05) is 55.6 Å². The molecular formula is C21H25N5O2. The van der Waals surface area contributed by atoms with Crippen molar-refractivity contribution < 1.29 is 9.59 Å². The minimum absolute atomic E-state index is 0.0344. The molecule has 5 rings (SSSR count). The summed E-state index contributed by atoms with van der Waals surface area (Å²) in [6, 6.07) is 3.51. The summed E-state index contributed by atoms with van der Waals surface area (Å²) >= 11 is 0. The van der Waals surface area contributed by atoms with E-state index in [0.29, 0.717) is 18.7 Å². The first kappa shape index (κ1) is 17.4. The number of pyridine rings is 1. The molecule has 2 amide bonds. The number of aromatic amines is 1. The maximum absolute atomic E-state index is 13.2. The molecule has 28 heavy (non-hydrogen) atoms. The van der Waals surface area contributed by atoms with Crippen LogP contribution >= 0.6 is 0 Å². The van der Waals surface area contributed by atoms with Gasteiger partial charge in [0.2, 0.25) is 5.91 Å². The number of amides is 2. The molecule has 1 saturated carbocycles. The van der Waals surface area contributed by atoms with E-state index in [1.807, 2.05) is 4.90 Å². The minimum atomic E-state index is -0.380. The van der Waals surface area contributed by atoms with E-state index in [1.54, 1.807) is 30.9 Å². The Morgan fingerprint density at radius 2 is 1.86 bits per heavy atom. The lowest BCUT2D eigenvalue weighted by Gasteiger charge is -2.51. The first-order valence-electron chi connectivity index (χ1n) is 10.2. The van der Waals surface area contributed by atoms with Gasteiger partial charge in [-0.1, -0.05) is 6.42 Å². The molecule has 0 radical (unpaired) electrons. The number of carbonyl (C=O) groups is 2. The van der Waals surface area contributed by atoms with Crippen LogP contribution in [0.4, 0.5) is 0 Å². The van der Waals surface area contributed by atoms with Gasteiger partial charge in [0.25, 0.3) is 5.91 Å². The SMILES string of the molecule is O=C(c1ccncc1)N1CCC2(CC1)c1nc[nH]c1CCN2C(=O)C1CCC1. The molecule has 2 aromatic heterocycles. The Kier molecular flexibility index (Phi) is 4.18. The predicted octanol–water partition coefficient (Wildman–Crippen LogP) is 2.12. The number of rotatable bonds is 2. The van der Waals surface area contributed by atoms with Crippen molar-refractivity contribution in [1.82, 2.24) is 24.8 Å². The highest BCUT2D eigenvalue weighted by molar-refractivity contribution is 5.94. The summed E-state index contributed by atoms with van der Waals surface area (Å²) in [5.74, 6) is 0.495. The summed E-state index contributed by atoms with van der Waals surface area (Å²) in [6.07, 6.45) is 10.5. The molecular weight excluding hydrogens is 354 g/mol. The number of nitrogens with one attached hydrogen (secondary N) is 1. The third-order valence-electron chi connectivity index (χ3n) is 6.79. The number of likely N-dealkylation sites (tertiary alicyclic amines) is 1. The van der Waals surface area contributed by atoms with Gasteiger partial charge in [-0.05, 0) is 37.8 Å². The minimum Gasteiger partial charge on any atom is -0.348 e. The molecule has 1 aliphatic carbocycles. The van der Waals surface area contributed by atoms with Crippen LogP contribution in [0, 0.1) is 5.92 Å². The van der Waals surface area contributed by atoms with E-state index >= 15 is 0 Å². The lowest BCUT2D eigenvalue weighted by molar-refractivity contribution is -0.148. The van der Waals surface area contributed by atoms with E-state index < -0.39 is 0 Å². The lowest BCUT2D eigenvalue weighted by atomic mass is 9.76. The normalized spacial score (nSPS) is 21.3. The summed E-state index contributed by atoms with van der Waals surface area (Å²) in [6.45, 7) is 1.99. The maximum Gasteiger partial charge on any atom is 0.253 e. The number of piperidine rings is 1. The highest BCUT2D eigenvalue weighted by Gasteiger charge is 2.50. The number of imidazole rings is 1. The number of fused-ring (bicyclic) bond motifs is 2. The van der Waals surface area contributed by atoms with Gasteiger partial charge in [-0.2, -0.15) is 0 Å². The fraction of sp³-hybridized carbons (Fsp3) is 0.524. The van der Waals surface area contributed by atoms with Gasteiger partial charge < -0.3 is 14.8 Å². The molecule has 0 atom stereocenters. The zero-order valence-electron chi connectivity index (χ0n) is 15.9. The second-order valence-corrected chi connectivity index (χ2v) is 8.16. The standard InChI is InChI=1S/C21H25N5O2/c27-19(16-4-9-22-10-5-16)25-12-7-21(8-13-25)18-17(23-14-24-18)6-11-26(21)20(28)15-2-1-3-15/h4-5,9-10,14-15H,1-3,6-8,11-13H2,(H,23,24). The molecule has 2 aliphatic heterocycles. The van der Waals surface area contributed by atoms with Gasteiger partial charge in [0.15, 0.2) is 0 Å². The van der Waals surface area contributed by atoms with Crippen LogP contribution in [0.1, 0.15) is 53.8 Å². The first-order valence-corrected chi connectivity index (χ1v) is 10.2. The summed E-state index contributed by atoms with van der Waals surface area (Å²) in [7, 11) is 0. The number of carbonyl (C=O) groups excluding carboxylic acids is 2. The highest BCUT2D eigenvalue weighted by atomic mass is 16.2. The van der Waals surface area contributed by atoms with Crippen molar-refractivity contribution in [3.63, 3.8) is 0 Å². The Labute approximate surface area is 164 Å². The Bertz CT molecular complexity index is 881. The van der Waals surface area contributed by atoms with E-state index in [0.717, 1.165) is 56.5 Å². The molecule has 1 N–H and O–H groups in total. The monoisotopic (exact) mass is 379 g/mol. The summed E-state index contributed by atoms with van der Waals surface area (Å²) < 4.78 is 0. The van der Waals surface area contributed by atoms with Crippen LogP contribution in [0.3, 0.4) is 0 Å². The van der Waals surface area contributed by atoms with Crippen LogP contribution in [-0.4, -0.2) is 56.2 Å². The molecule has 146 valence electrons. The number of hydrogen-bond donors (Lipinski definition) is 1. The van der Waals surface area contributed by atoms with Crippen molar-refractivity contribution in [3.8, 4) is 0 Å². The van der Waals surface area contributed by atoms with Crippen molar-refractivity contribution in [2.75, 3.05) is 19.6 Å². The fourth-order valence-electron chi connectivity index (χ4n) is 4.94. The first-order chi connectivity index (χ1) is 13.7. The predicted molar refractivity (Wildman–Crippen MR) is 102 cm³/mol. The average molecular weight is 379 g/mol. The van der Waals surface area contributed by atoms with Crippen molar-refractivity contribution in [2.24, 2.45) is 5.92 Å². The molecule has 4 heterocycles. The van der Waals surface area contributed by atoms with Gasteiger partial charge in [-0.15, -0.1) is 0 Å². The second kappa shape index (κ2) is 6.72. The molecule has 7 heteroatoms. The molecule has 1 spiro atoms. The Balaban J connectivity index is 1.41. The topological polar surface area (TPSA) is 82.2 Å². The van der Waals surface area contributed by atoms with Crippen LogP contribution in [0.15, 0.2) is 30.9 Å². The zero-order valence-corrected chi connectivity index (χ0v) is 15.9. The second-order valence-electron chi connectivity index (χ2n) is 8.16. The Morgan fingerprint density at radius 3 is 2.54 bits per heavy atom. The van der Waals surface area contributed by atoms with Gasteiger partial charge in [0.1, 0.15) is 0 Å². The fourth-order valence-corrected chi connectivity index (χ4v) is 4.94. The third kappa shape index (κ3) is 2.64. The van der Waals surface area contributed by atoms with Crippen LogP contribution in [0.5, 0.6) is 0 Å². The van der Waals surface area contributed by atoms with Crippen LogP contribution in [-0.2, 0) is 16.8 Å². The van der Waals surface area contributed by atoms with E-state index in [4.69, 9.17) is 0 Å². The van der Waals surface area contributed by atoms with Crippen molar-refractivity contribution in [1.29, 1.82) is 0 Å². The van der Waals surface area contributed by atoms with Gasteiger partial charge in [0.05, 0.1) is 17.6 Å². The molecule has 0 unspecified atom stereocenters. The molecule has 3 aliphatic rings. The zero-order chi connectivity index (χ0) is 19.1. The molecule has 2 aromatic rings. The summed E-state index contributed by atoms with van der Waals surface area (Å²) in [5.41, 5.74) is 2.45. The van der Waals surface area contributed by atoms with Crippen molar-refractivity contribution in [3.05, 3.63) is 47.8 Å². The Hall–Kier alpha value is -2.70. The molecule has 7 nitrogen and oxygen atoms in total.